The van der Waals surface area contributed by atoms with Crippen LogP contribution in [0.1, 0.15) is 16.0 Å². The number of halogens is 4. The summed E-state index contributed by atoms with van der Waals surface area (Å²) in [6.07, 6.45) is 0.618. The second-order valence-electron chi connectivity index (χ2n) is 3.93. The van der Waals surface area contributed by atoms with Crippen LogP contribution in [0.4, 0.5) is 4.39 Å². The summed E-state index contributed by atoms with van der Waals surface area (Å²) < 4.78 is 15.6. The molecule has 0 N–H and O–H groups in total. The highest BCUT2D eigenvalue weighted by Gasteiger charge is 2.14. The van der Waals surface area contributed by atoms with E-state index in [0.717, 1.165) is 14.5 Å². The lowest BCUT2D eigenvalue weighted by Gasteiger charge is -2.13. The van der Waals surface area contributed by atoms with Crippen LogP contribution in [0.15, 0.2) is 51.4 Å². The standard InChI is InChI=1S/C14H10Br3F/c15-10-5-6-11(13(17)8-10)12(16)7-9-3-1-2-4-14(9)18/h1-6,8,12H,7H2. The molecule has 0 aliphatic rings. The molecule has 1 atom stereocenters. The lowest BCUT2D eigenvalue weighted by molar-refractivity contribution is 0.608. The number of hydrogen-bond acceptors (Lipinski definition) is 0. The molecule has 0 aromatic heterocycles. The first kappa shape index (κ1) is 14.2. The zero-order valence-electron chi connectivity index (χ0n) is 9.34. The van der Waals surface area contributed by atoms with Gasteiger partial charge < -0.3 is 0 Å². The summed E-state index contributed by atoms with van der Waals surface area (Å²) >= 11 is 10.6. The van der Waals surface area contributed by atoms with Crippen LogP contribution in [0.5, 0.6) is 0 Å². The molecule has 2 rings (SSSR count). The van der Waals surface area contributed by atoms with Crippen molar-refractivity contribution in [2.75, 3.05) is 0 Å². The maximum Gasteiger partial charge on any atom is 0.126 e. The van der Waals surface area contributed by atoms with E-state index in [1.54, 1.807) is 6.07 Å². The Bertz CT molecular complexity index is 554. The minimum atomic E-state index is -0.157. The number of alkyl halides is 1. The molecule has 0 spiro atoms. The summed E-state index contributed by atoms with van der Waals surface area (Å²) in [4.78, 5) is 0.0804. The quantitative estimate of drug-likeness (QED) is 0.515. The van der Waals surface area contributed by atoms with Crippen molar-refractivity contribution >= 4 is 47.8 Å². The van der Waals surface area contributed by atoms with E-state index >= 15 is 0 Å². The molecule has 0 aliphatic carbocycles. The summed E-state index contributed by atoms with van der Waals surface area (Å²) in [6, 6.07) is 12.9. The first-order valence-electron chi connectivity index (χ1n) is 5.40. The van der Waals surface area contributed by atoms with E-state index in [9.17, 15) is 4.39 Å². The maximum absolute atomic E-state index is 13.6. The fourth-order valence-corrected chi connectivity index (χ4v) is 4.10. The molecular weight excluding hydrogens is 427 g/mol. The SMILES string of the molecule is Fc1ccccc1CC(Br)c1ccc(Br)cc1Br. The Morgan fingerprint density at radius 3 is 2.44 bits per heavy atom. The summed E-state index contributed by atoms with van der Waals surface area (Å²) in [5.74, 6) is -0.157. The van der Waals surface area contributed by atoms with Crippen molar-refractivity contribution in [3.63, 3.8) is 0 Å². The van der Waals surface area contributed by atoms with Crippen LogP contribution in [0, 0.1) is 5.82 Å². The third-order valence-electron chi connectivity index (χ3n) is 2.66. The smallest absolute Gasteiger partial charge is 0.126 e. The first-order valence-corrected chi connectivity index (χ1v) is 7.90. The van der Waals surface area contributed by atoms with Crippen LogP contribution in [-0.4, -0.2) is 0 Å². The Balaban J connectivity index is 2.22. The molecule has 2 aromatic carbocycles. The van der Waals surface area contributed by atoms with Crippen LogP contribution in [0.25, 0.3) is 0 Å². The van der Waals surface area contributed by atoms with Gasteiger partial charge in [-0.3, -0.25) is 0 Å². The number of rotatable bonds is 3. The zero-order valence-corrected chi connectivity index (χ0v) is 14.1. The summed E-state index contributed by atoms with van der Waals surface area (Å²) in [5.41, 5.74) is 1.83. The van der Waals surface area contributed by atoms with Gasteiger partial charge >= 0.3 is 0 Å². The normalized spacial score (nSPS) is 12.4. The van der Waals surface area contributed by atoms with Crippen molar-refractivity contribution in [3.05, 3.63) is 68.4 Å². The molecule has 4 heteroatoms. The topological polar surface area (TPSA) is 0 Å². The Kier molecular flexibility index (Phi) is 4.98. The Hall–Kier alpha value is -0.190. The predicted octanol–water partition coefficient (Wildman–Crippen LogP) is 6.03. The van der Waals surface area contributed by atoms with Gasteiger partial charge in [-0.1, -0.05) is 72.1 Å². The minimum Gasteiger partial charge on any atom is -0.207 e. The average Bonchev–Trinajstić information content (AvgIpc) is 2.32. The maximum atomic E-state index is 13.6. The van der Waals surface area contributed by atoms with Crippen molar-refractivity contribution in [1.29, 1.82) is 0 Å². The van der Waals surface area contributed by atoms with E-state index in [4.69, 9.17) is 0 Å². The first-order chi connectivity index (χ1) is 8.58. The molecule has 18 heavy (non-hydrogen) atoms. The van der Waals surface area contributed by atoms with Crippen molar-refractivity contribution in [2.45, 2.75) is 11.2 Å². The second-order valence-corrected chi connectivity index (χ2v) is 6.80. The van der Waals surface area contributed by atoms with Crippen molar-refractivity contribution in [2.24, 2.45) is 0 Å². The van der Waals surface area contributed by atoms with Crippen LogP contribution < -0.4 is 0 Å². The van der Waals surface area contributed by atoms with E-state index < -0.39 is 0 Å². The lowest BCUT2D eigenvalue weighted by Crippen LogP contribution is -1.98. The van der Waals surface area contributed by atoms with Crippen LogP contribution in [0.2, 0.25) is 0 Å². The molecule has 0 heterocycles. The van der Waals surface area contributed by atoms with Gasteiger partial charge in [0.15, 0.2) is 0 Å². The van der Waals surface area contributed by atoms with E-state index in [1.807, 2.05) is 30.3 Å². The van der Waals surface area contributed by atoms with Gasteiger partial charge in [0, 0.05) is 13.8 Å². The zero-order chi connectivity index (χ0) is 13.1. The summed E-state index contributed by atoms with van der Waals surface area (Å²) in [7, 11) is 0. The van der Waals surface area contributed by atoms with Gasteiger partial charge in [0.25, 0.3) is 0 Å². The third kappa shape index (κ3) is 3.43. The molecule has 0 saturated heterocycles. The van der Waals surface area contributed by atoms with Gasteiger partial charge in [0.05, 0.1) is 0 Å². The monoisotopic (exact) mass is 434 g/mol. The van der Waals surface area contributed by atoms with Gasteiger partial charge in [-0.05, 0) is 35.7 Å². The van der Waals surface area contributed by atoms with Crippen molar-refractivity contribution in [3.8, 4) is 0 Å². The Morgan fingerprint density at radius 2 is 1.78 bits per heavy atom. The molecule has 0 fully saturated rings. The van der Waals surface area contributed by atoms with Gasteiger partial charge in [0.1, 0.15) is 5.82 Å². The molecule has 0 amide bonds. The van der Waals surface area contributed by atoms with Gasteiger partial charge in [-0.25, -0.2) is 4.39 Å². The third-order valence-corrected chi connectivity index (χ3v) is 4.65. The number of hydrogen-bond donors (Lipinski definition) is 0. The van der Waals surface area contributed by atoms with E-state index in [2.05, 4.69) is 47.8 Å². The van der Waals surface area contributed by atoms with Crippen molar-refractivity contribution < 1.29 is 4.39 Å². The number of benzene rings is 2. The fourth-order valence-electron chi connectivity index (χ4n) is 1.72. The highest BCUT2D eigenvalue weighted by molar-refractivity contribution is 9.11. The second kappa shape index (κ2) is 6.31. The largest absolute Gasteiger partial charge is 0.207 e. The van der Waals surface area contributed by atoms with Crippen LogP contribution in [-0.2, 0) is 6.42 Å². The van der Waals surface area contributed by atoms with E-state index in [-0.39, 0.29) is 10.6 Å². The predicted molar refractivity (Wildman–Crippen MR) is 83.6 cm³/mol. The molecule has 1 unspecified atom stereocenters. The molecule has 0 saturated carbocycles. The van der Waals surface area contributed by atoms with E-state index in [0.29, 0.717) is 12.0 Å². The van der Waals surface area contributed by atoms with Crippen molar-refractivity contribution in [1.82, 2.24) is 0 Å². The minimum absolute atomic E-state index is 0.0804. The highest BCUT2D eigenvalue weighted by atomic mass is 79.9. The molecular formula is C14H10Br3F. The molecule has 0 radical (unpaired) electrons. The Morgan fingerprint density at radius 1 is 1.06 bits per heavy atom. The highest BCUT2D eigenvalue weighted by Crippen LogP contribution is 2.34. The molecule has 2 aromatic rings. The summed E-state index contributed by atoms with van der Waals surface area (Å²) in [5, 5.41) is 0. The fraction of sp³-hybridized carbons (Fsp3) is 0.143. The van der Waals surface area contributed by atoms with E-state index in [1.165, 1.54) is 6.07 Å². The molecule has 0 nitrogen and oxygen atoms in total. The van der Waals surface area contributed by atoms with Gasteiger partial charge in [0.2, 0.25) is 0 Å². The van der Waals surface area contributed by atoms with Crippen LogP contribution in [0.3, 0.4) is 0 Å². The molecule has 0 aliphatic heterocycles. The Labute approximate surface area is 131 Å². The summed E-state index contributed by atoms with van der Waals surface area (Å²) in [6.45, 7) is 0. The average molecular weight is 437 g/mol. The van der Waals surface area contributed by atoms with Crippen LogP contribution >= 0.6 is 47.8 Å². The van der Waals surface area contributed by atoms with Gasteiger partial charge in [-0.2, -0.15) is 0 Å². The molecule has 94 valence electrons. The van der Waals surface area contributed by atoms with Gasteiger partial charge in [-0.15, -0.1) is 0 Å². The lowest BCUT2D eigenvalue weighted by atomic mass is 10.0. The molecule has 0 bridgehead atoms.